The Morgan fingerprint density at radius 2 is 1.76 bits per heavy atom. The lowest BCUT2D eigenvalue weighted by Crippen LogP contribution is -2.60. The van der Waals surface area contributed by atoms with Gasteiger partial charge in [0.2, 0.25) is 0 Å². The van der Waals surface area contributed by atoms with Gasteiger partial charge in [-0.2, -0.15) is 0 Å². The highest BCUT2D eigenvalue weighted by Gasteiger charge is 2.53. The van der Waals surface area contributed by atoms with Crippen molar-refractivity contribution in [2.45, 2.75) is 30.8 Å². The second kappa shape index (κ2) is 6.03. The molecule has 0 N–H and O–H groups in total. The zero-order valence-corrected chi connectivity index (χ0v) is 14.7. The summed E-state index contributed by atoms with van der Waals surface area (Å²) >= 11 is 0. The Morgan fingerprint density at radius 1 is 1.00 bits per heavy atom. The van der Waals surface area contributed by atoms with Crippen molar-refractivity contribution >= 4 is 5.69 Å². The number of benzene rings is 1. The molecule has 25 heavy (non-hydrogen) atoms. The first-order chi connectivity index (χ1) is 12.4. The summed E-state index contributed by atoms with van der Waals surface area (Å²) in [6, 6.07) is 14.1. The van der Waals surface area contributed by atoms with Crippen LogP contribution < -0.4 is 9.64 Å². The Labute approximate surface area is 149 Å². The number of ether oxygens (including phenoxy) is 1. The fourth-order valence-electron chi connectivity index (χ4n) is 5.50. The van der Waals surface area contributed by atoms with Gasteiger partial charge in [0.1, 0.15) is 5.75 Å². The quantitative estimate of drug-likeness (QED) is 0.861. The summed E-state index contributed by atoms with van der Waals surface area (Å²) in [5.74, 6) is 2.34. The molecular formula is C21H25N3O. The molecule has 4 aliphatic heterocycles. The van der Waals surface area contributed by atoms with Crippen molar-refractivity contribution in [3.8, 4) is 5.75 Å². The van der Waals surface area contributed by atoms with Crippen LogP contribution in [0.3, 0.4) is 0 Å². The second-order valence-electron chi connectivity index (χ2n) is 7.56. The maximum absolute atomic E-state index is 5.71. The number of para-hydroxylation sites is 1. The number of methoxy groups -OCH3 is 1. The number of pyridine rings is 1. The molecule has 5 heterocycles. The molecule has 0 saturated carbocycles. The van der Waals surface area contributed by atoms with Crippen LogP contribution in [0.2, 0.25) is 0 Å². The van der Waals surface area contributed by atoms with Crippen LogP contribution in [0.15, 0.2) is 48.8 Å². The van der Waals surface area contributed by atoms with E-state index in [4.69, 9.17) is 4.74 Å². The predicted octanol–water partition coefficient (Wildman–Crippen LogP) is 3.16. The molecule has 2 aromatic rings. The summed E-state index contributed by atoms with van der Waals surface area (Å²) in [4.78, 5) is 9.61. The summed E-state index contributed by atoms with van der Waals surface area (Å²) in [7, 11) is 1.79. The fraction of sp³-hybridized carbons (Fsp3) is 0.476. The third kappa shape index (κ3) is 2.35. The molecule has 0 spiro atoms. The van der Waals surface area contributed by atoms with Crippen LogP contribution in [-0.2, 0) is 0 Å². The largest absolute Gasteiger partial charge is 0.496 e. The lowest BCUT2D eigenvalue weighted by molar-refractivity contribution is 0.0353. The molecule has 0 aliphatic carbocycles. The van der Waals surface area contributed by atoms with Gasteiger partial charge >= 0.3 is 0 Å². The van der Waals surface area contributed by atoms with Crippen molar-refractivity contribution in [1.29, 1.82) is 0 Å². The highest BCUT2D eigenvalue weighted by atomic mass is 16.5. The summed E-state index contributed by atoms with van der Waals surface area (Å²) < 4.78 is 5.71. The number of rotatable bonds is 3. The van der Waals surface area contributed by atoms with E-state index in [1.54, 1.807) is 7.11 Å². The van der Waals surface area contributed by atoms with Crippen LogP contribution in [0.5, 0.6) is 5.75 Å². The minimum atomic E-state index is 0.498. The number of piperidine rings is 3. The minimum Gasteiger partial charge on any atom is -0.496 e. The third-order valence-corrected chi connectivity index (χ3v) is 6.53. The third-order valence-electron chi connectivity index (χ3n) is 6.53. The second-order valence-corrected chi connectivity index (χ2v) is 7.56. The molecule has 4 aliphatic rings. The van der Waals surface area contributed by atoms with Crippen LogP contribution in [0, 0.1) is 5.92 Å². The van der Waals surface area contributed by atoms with Gasteiger partial charge in [-0.05, 0) is 50.0 Å². The average Bonchev–Trinajstić information content (AvgIpc) is 3.12. The number of hydrogen-bond donors (Lipinski definition) is 0. The van der Waals surface area contributed by atoms with Gasteiger partial charge in [0.05, 0.1) is 7.11 Å². The van der Waals surface area contributed by atoms with E-state index >= 15 is 0 Å². The van der Waals surface area contributed by atoms with Gasteiger partial charge in [0, 0.05) is 48.2 Å². The molecule has 0 amide bonds. The summed E-state index contributed by atoms with van der Waals surface area (Å²) in [5.41, 5.74) is 2.68. The van der Waals surface area contributed by atoms with Gasteiger partial charge in [-0.25, -0.2) is 0 Å². The number of hydrogen-bond acceptors (Lipinski definition) is 4. The van der Waals surface area contributed by atoms with Gasteiger partial charge < -0.3 is 9.64 Å². The Hall–Kier alpha value is -2.07. The molecular weight excluding hydrogens is 310 g/mol. The lowest BCUT2D eigenvalue weighted by atomic mass is 9.75. The van der Waals surface area contributed by atoms with E-state index in [1.165, 1.54) is 37.2 Å². The molecule has 1 aromatic heterocycles. The number of aromatic nitrogens is 1. The van der Waals surface area contributed by atoms with Crippen LogP contribution >= 0.6 is 0 Å². The van der Waals surface area contributed by atoms with Crippen LogP contribution in [0.25, 0.3) is 0 Å². The van der Waals surface area contributed by atoms with E-state index in [-0.39, 0.29) is 0 Å². The first-order valence-corrected chi connectivity index (χ1v) is 9.40. The fourth-order valence-corrected chi connectivity index (χ4v) is 5.50. The molecule has 0 unspecified atom stereocenters. The first-order valence-electron chi connectivity index (χ1n) is 9.40. The molecule has 2 bridgehead atoms. The zero-order valence-electron chi connectivity index (χ0n) is 14.7. The van der Waals surface area contributed by atoms with Gasteiger partial charge in [0.15, 0.2) is 0 Å². The molecule has 6 rings (SSSR count). The molecule has 1 aromatic carbocycles. The predicted molar refractivity (Wildman–Crippen MR) is 99.2 cm³/mol. The monoisotopic (exact) mass is 335 g/mol. The minimum absolute atomic E-state index is 0.498. The summed E-state index contributed by atoms with van der Waals surface area (Å²) in [6.45, 7) is 3.57. The highest BCUT2D eigenvalue weighted by molar-refractivity contribution is 5.52. The van der Waals surface area contributed by atoms with Crippen molar-refractivity contribution in [2.24, 2.45) is 5.92 Å². The maximum atomic E-state index is 5.71. The van der Waals surface area contributed by atoms with Crippen LogP contribution in [0.4, 0.5) is 5.69 Å². The van der Waals surface area contributed by atoms with Gasteiger partial charge in [-0.1, -0.05) is 18.2 Å². The Morgan fingerprint density at radius 3 is 2.52 bits per heavy atom. The van der Waals surface area contributed by atoms with Crippen LogP contribution in [0.1, 0.15) is 24.3 Å². The number of anilines is 1. The van der Waals surface area contributed by atoms with E-state index in [2.05, 4.69) is 51.2 Å². The van der Waals surface area contributed by atoms with Crippen molar-refractivity contribution < 1.29 is 4.74 Å². The van der Waals surface area contributed by atoms with E-state index in [0.29, 0.717) is 18.0 Å². The van der Waals surface area contributed by atoms with Gasteiger partial charge in [-0.15, -0.1) is 0 Å². The van der Waals surface area contributed by atoms with Gasteiger partial charge in [-0.3, -0.25) is 9.88 Å². The molecule has 4 heteroatoms. The normalized spacial score (nSPS) is 33.3. The number of nitrogens with zero attached hydrogens (tertiary/aromatic N) is 3. The molecule has 130 valence electrons. The maximum Gasteiger partial charge on any atom is 0.122 e. The van der Waals surface area contributed by atoms with Crippen molar-refractivity contribution in [1.82, 2.24) is 9.88 Å². The Kier molecular flexibility index (Phi) is 3.66. The van der Waals surface area contributed by atoms with Crippen molar-refractivity contribution in [3.05, 3.63) is 54.4 Å². The topological polar surface area (TPSA) is 28.6 Å². The van der Waals surface area contributed by atoms with Crippen molar-refractivity contribution in [2.75, 3.05) is 31.6 Å². The molecule has 4 nitrogen and oxygen atoms in total. The summed E-state index contributed by atoms with van der Waals surface area (Å²) in [6.07, 6.45) is 6.51. The standard InChI is InChI=1S/C21H25N3O/c1-25-19-5-3-2-4-17(19)18-14-24(16-6-10-22-11-7-16)20-15-8-12-23(13-9-15)21(18)20/h2-7,10-11,15,18,20-21H,8-9,12-14H2,1H3/t18-,20-,21-/m0/s1. The summed E-state index contributed by atoms with van der Waals surface area (Å²) in [5, 5.41) is 0. The van der Waals surface area contributed by atoms with E-state index in [1.807, 2.05) is 12.4 Å². The van der Waals surface area contributed by atoms with E-state index in [9.17, 15) is 0 Å². The zero-order chi connectivity index (χ0) is 16.8. The smallest absolute Gasteiger partial charge is 0.122 e. The van der Waals surface area contributed by atoms with E-state index < -0.39 is 0 Å². The molecule has 0 radical (unpaired) electrons. The van der Waals surface area contributed by atoms with Crippen LogP contribution in [-0.4, -0.2) is 48.7 Å². The SMILES string of the molecule is COc1ccccc1[C@@H]1CN(c2ccncc2)[C@H]2C3CCN(CC3)[C@@H]12. The molecule has 3 atom stereocenters. The average molecular weight is 335 g/mol. The van der Waals surface area contributed by atoms with Gasteiger partial charge in [0.25, 0.3) is 0 Å². The molecule has 4 fully saturated rings. The highest BCUT2D eigenvalue weighted by Crippen LogP contribution is 2.49. The lowest BCUT2D eigenvalue weighted by Gasteiger charge is -2.51. The van der Waals surface area contributed by atoms with Crippen molar-refractivity contribution in [3.63, 3.8) is 0 Å². The Bertz CT molecular complexity index is 742. The number of fused-ring (bicyclic) bond motifs is 2. The van der Waals surface area contributed by atoms with E-state index in [0.717, 1.165) is 18.2 Å². The molecule has 4 saturated heterocycles. The Balaban J connectivity index is 1.58. The first kappa shape index (κ1) is 15.2.